The Kier molecular flexibility index (Phi) is 4.82. The highest BCUT2D eigenvalue weighted by Crippen LogP contribution is 2.45. The number of alkyl halides is 5. The molecule has 2 aromatic carbocycles. The molecule has 0 unspecified atom stereocenters. The second-order valence-corrected chi connectivity index (χ2v) is 5.02. The van der Waals surface area contributed by atoms with Gasteiger partial charge in [0.05, 0.1) is 0 Å². The summed E-state index contributed by atoms with van der Waals surface area (Å²) in [6.07, 6.45) is -4.90. The smallest absolute Gasteiger partial charge is 0.420 e. The molecule has 22 heavy (non-hydrogen) atoms. The Morgan fingerprint density at radius 3 is 2.18 bits per heavy atom. The zero-order valence-electron chi connectivity index (χ0n) is 10.6. The minimum atomic E-state index is -4.90. The Morgan fingerprint density at radius 1 is 0.955 bits per heavy atom. The number of benzene rings is 2. The number of ether oxygens (including phenoxy) is 1. The zero-order valence-corrected chi connectivity index (χ0v) is 12.1. The fraction of sp³-hybridized carbons (Fsp3) is 0.143. The lowest BCUT2D eigenvalue weighted by atomic mass is 9.98. The van der Waals surface area contributed by atoms with Gasteiger partial charge in [-0.05, 0) is 23.8 Å². The van der Waals surface area contributed by atoms with Crippen LogP contribution in [-0.4, -0.2) is 6.61 Å². The molecule has 0 saturated carbocycles. The molecule has 0 atom stereocenters. The Hall–Kier alpha value is -1.53. The van der Waals surface area contributed by atoms with Gasteiger partial charge in [0.15, 0.2) is 0 Å². The van der Waals surface area contributed by atoms with Crippen LogP contribution in [0.15, 0.2) is 36.4 Å². The van der Waals surface area contributed by atoms with Gasteiger partial charge >= 0.3 is 12.8 Å². The number of hydrogen-bond acceptors (Lipinski definition) is 1. The van der Waals surface area contributed by atoms with E-state index < -0.39 is 24.1 Å². The van der Waals surface area contributed by atoms with Crippen LogP contribution < -0.4 is 4.74 Å². The molecular formula is C14H7Cl2F5O. The van der Waals surface area contributed by atoms with E-state index in [9.17, 15) is 22.0 Å². The van der Waals surface area contributed by atoms with Gasteiger partial charge in [0.2, 0.25) is 0 Å². The summed E-state index contributed by atoms with van der Waals surface area (Å²) < 4.78 is 68.4. The van der Waals surface area contributed by atoms with Crippen LogP contribution in [0.3, 0.4) is 0 Å². The third-order valence-corrected chi connectivity index (χ3v) is 3.29. The first-order valence-electron chi connectivity index (χ1n) is 5.80. The highest BCUT2D eigenvalue weighted by molar-refractivity contribution is 6.36. The van der Waals surface area contributed by atoms with Crippen molar-refractivity contribution in [1.82, 2.24) is 0 Å². The van der Waals surface area contributed by atoms with Crippen molar-refractivity contribution in [1.29, 1.82) is 0 Å². The molecule has 0 N–H and O–H groups in total. The Bertz CT molecular complexity index is 685. The standard InChI is InChI=1S/C14H7Cl2F5O/c15-7-4-5-8(10(16)6-7)9-2-1-3-11(22-13(17)18)12(9)14(19,20)21/h1-6,13H. The summed E-state index contributed by atoms with van der Waals surface area (Å²) in [6.45, 7) is -3.38. The van der Waals surface area contributed by atoms with Crippen molar-refractivity contribution in [3.05, 3.63) is 52.0 Å². The van der Waals surface area contributed by atoms with Gasteiger partial charge < -0.3 is 4.74 Å². The third-order valence-electron chi connectivity index (χ3n) is 2.75. The van der Waals surface area contributed by atoms with E-state index in [-0.39, 0.29) is 21.2 Å². The zero-order chi connectivity index (χ0) is 16.5. The van der Waals surface area contributed by atoms with E-state index in [1.165, 1.54) is 24.3 Å². The maximum Gasteiger partial charge on any atom is 0.420 e. The predicted octanol–water partition coefficient (Wildman–Crippen LogP) is 6.28. The molecule has 0 heterocycles. The van der Waals surface area contributed by atoms with Gasteiger partial charge in [0, 0.05) is 15.6 Å². The summed E-state index contributed by atoms with van der Waals surface area (Å²) in [5, 5.41) is 0.203. The van der Waals surface area contributed by atoms with Gasteiger partial charge in [-0.3, -0.25) is 0 Å². The molecule has 8 heteroatoms. The monoisotopic (exact) mass is 356 g/mol. The van der Waals surface area contributed by atoms with E-state index in [2.05, 4.69) is 4.74 Å². The normalized spacial score (nSPS) is 11.8. The third kappa shape index (κ3) is 3.62. The SMILES string of the molecule is FC(F)Oc1cccc(-c2ccc(Cl)cc2Cl)c1C(F)(F)F. The van der Waals surface area contributed by atoms with Crippen LogP contribution in [0.4, 0.5) is 22.0 Å². The first kappa shape index (κ1) is 16.8. The summed E-state index contributed by atoms with van der Waals surface area (Å²) in [4.78, 5) is 0. The van der Waals surface area contributed by atoms with Gasteiger partial charge in [-0.1, -0.05) is 41.4 Å². The van der Waals surface area contributed by atoms with E-state index in [0.717, 1.165) is 12.1 Å². The fourth-order valence-corrected chi connectivity index (χ4v) is 2.46. The first-order chi connectivity index (χ1) is 10.2. The van der Waals surface area contributed by atoms with E-state index in [1.807, 2.05) is 0 Å². The van der Waals surface area contributed by atoms with Crippen molar-refractivity contribution in [3.63, 3.8) is 0 Å². The lowest BCUT2D eigenvalue weighted by Gasteiger charge is -2.18. The molecule has 0 aliphatic carbocycles. The molecule has 0 aliphatic heterocycles. The molecule has 1 nitrogen and oxygen atoms in total. The van der Waals surface area contributed by atoms with Crippen molar-refractivity contribution in [2.75, 3.05) is 0 Å². The average Bonchev–Trinajstić information content (AvgIpc) is 2.36. The lowest BCUT2D eigenvalue weighted by Crippen LogP contribution is -2.13. The molecule has 0 radical (unpaired) electrons. The molecule has 2 aromatic rings. The molecule has 0 bridgehead atoms. The molecule has 0 fully saturated rings. The van der Waals surface area contributed by atoms with Gasteiger partial charge in [0.1, 0.15) is 11.3 Å². The average molecular weight is 357 g/mol. The summed E-state index contributed by atoms with van der Waals surface area (Å²) >= 11 is 11.6. The Morgan fingerprint density at radius 2 is 1.64 bits per heavy atom. The molecule has 2 rings (SSSR count). The molecule has 0 aromatic heterocycles. The maximum absolute atomic E-state index is 13.3. The summed E-state index contributed by atoms with van der Waals surface area (Å²) in [5.74, 6) is -0.967. The van der Waals surface area contributed by atoms with Crippen molar-refractivity contribution < 1.29 is 26.7 Å². The largest absolute Gasteiger partial charge is 0.434 e. The van der Waals surface area contributed by atoms with E-state index in [1.54, 1.807) is 0 Å². The minimum Gasteiger partial charge on any atom is -0.434 e. The maximum atomic E-state index is 13.3. The second kappa shape index (κ2) is 6.30. The van der Waals surface area contributed by atoms with Crippen LogP contribution in [0.1, 0.15) is 5.56 Å². The predicted molar refractivity (Wildman–Crippen MR) is 73.5 cm³/mol. The molecule has 118 valence electrons. The van der Waals surface area contributed by atoms with E-state index >= 15 is 0 Å². The molecule has 0 spiro atoms. The number of rotatable bonds is 3. The van der Waals surface area contributed by atoms with Gasteiger partial charge in [-0.25, -0.2) is 0 Å². The van der Waals surface area contributed by atoms with Crippen LogP contribution in [0.25, 0.3) is 11.1 Å². The van der Waals surface area contributed by atoms with Crippen molar-refractivity contribution in [2.24, 2.45) is 0 Å². The van der Waals surface area contributed by atoms with Gasteiger partial charge in [0.25, 0.3) is 0 Å². The molecular weight excluding hydrogens is 350 g/mol. The van der Waals surface area contributed by atoms with E-state index in [0.29, 0.717) is 0 Å². The summed E-state index contributed by atoms with van der Waals surface area (Å²) in [5.41, 5.74) is -1.68. The number of hydrogen-bond donors (Lipinski definition) is 0. The van der Waals surface area contributed by atoms with Gasteiger partial charge in [-0.2, -0.15) is 22.0 Å². The van der Waals surface area contributed by atoms with Crippen LogP contribution in [0.5, 0.6) is 5.75 Å². The number of halogens is 7. The summed E-state index contributed by atoms with van der Waals surface area (Å²) in [7, 11) is 0. The van der Waals surface area contributed by atoms with Crippen LogP contribution >= 0.6 is 23.2 Å². The van der Waals surface area contributed by atoms with Gasteiger partial charge in [-0.15, -0.1) is 0 Å². The van der Waals surface area contributed by atoms with Crippen molar-refractivity contribution in [3.8, 4) is 16.9 Å². The Balaban J connectivity index is 2.70. The van der Waals surface area contributed by atoms with Crippen LogP contribution in [0, 0.1) is 0 Å². The lowest BCUT2D eigenvalue weighted by molar-refractivity contribution is -0.141. The minimum absolute atomic E-state index is 0.0121. The molecule has 0 amide bonds. The van der Waals surface area contributed by atoms with Crippen molar-refractivity contribution in [2.45, 2.75) is 12.8 Å². The van der Waals surface area contributed by atoms with Crippen molar-refractivity contribution >= 4 is 23.2 Å². The second-order valence-electron chi connectivity index (χ2n) is 4.18. The van der Waals surface area contributed by atoms with Crippen LogP contribution in [0.2, 0.25) is 10.0 Å². The highest BCUT2D eigenvalue weighted by Gasteiger charge is 2.38. The fourth-order valence-electron chi connectivity index (χ4n) is 1.95. The molecule has 0 aliphatic rings. The summed E-state index contributed by atoms with van der Waals surface area (Å²) in [6, 6.07) is 7.01. The molecule has 0 saturated heterocycles. The van der Waals surface area contributed by atoms with E-state index in [4.69, 9.17) is 23.2 Å². The quantitative estimate of drug-likeness (QED) is 0.588. The topological polar surface area (TPSA) is 9.23 Å². The van der Waals surface area contributed by atoms with Crippen LogP contribution in [-0.2, 0) is 6.18 Å². The first-order valence-corrected chi connectivity index (χ1v) is 6.56. The highest BCUT2D eigenvalue weighted by atomic mass is 35.5. The Labute approximate surface area is 132 Å².